The van der Waals surface area contributed by atoms with Crippen LogP contribution < -0.4 is 5.32 Å². The molecule has 0 aliphatic heterocycles. The van der Waals surface area contributed by atoms with E-state index in [4.69, 9.17) is 0 Å². The Morgan fingerprint density at radius 2 is 2.35 bits per heavy atom. The van der Waals surface area contributed by atoms with Gasteiger partial charge in [-0.15, -0.1) is 0 Å². The van der Waals surface area contributed by atoms with Crippen molar-refractivity contribution < 1.29 is 0 Å². The highest BCUT2D eigenvalue weighted by atomic mass is 15.3. The van der Waals surface area contributed by atoms with Gasteiger partial charge in [0.05, 0.1) is 6.54 Å². The van der Waals surface area contributed by atoms with Crippen LogP contribution in [0.15, 0.2) is 18.5 Å². The molecule has 4 nitrogen and oxygen atoms in total. The van der Waals surface area contributed by atoms with Crippen LogP contribution in [0.2, 0.25) is 0 Å². The van der Waals surface area contributed by atoms with Crippen molar-refractivity contribution >= 4 is 0 Å². The molecule has 1 aliphatic rings. The summed E-state index contributed by atoms with van der Waals surface area (Å²) in [6, 6.07) is 0.601. The number of allylic oxidation sites excluding steroid dienone is 1. The number of hydrogen-bond donors (Lipinski definition) is 1. The smallest absolute Gasteiger partial charge is 0.140 e. The summed E-state index contributed by atoms with van der Waals surface area (Å²) in [4.78, 5) is 4.32. The number of nitrogens with zero attached hydrogens (tertiary/aromatic N) is 3. The maximum atomic E-state index is 4.32. The number of aromatic nitrogens is 3. The Bertz CT molecular complexity index is 367. The second-order valence-corrected chi connectivity index (χ2v) is 5.11. The summed E-state index contributed by atoms with van der Waals surface area (Å²) in [6.07, 6.45) is 9.74. The Labute approximate surface area is 103 Å². The van der Waals surface area contributed by atoms with Crippen molar-refractivity contribution in [2.24, 2.45) is 5.92 Å². The van der Waals surface area contributed by atoms with Gasteiger partial charge < -0.3 is 5.32 Å². The lowest BCUT2D eigenvalue weighted by Crippen LogP contribution is -2.30. The third-order valence-electron chi connectivity index (χ3n) is 3.05. The predicted octanol–water partition coefficient (Wildman–Crippen LogP) is 2.13. The first-order valence-electron chi connectivity index (χ1n) is 6.50. The predicted molar refractivity (Wildman–Crippen MR) is 68.5 cm³/mol. The van der Waals surface area contributed by atoms with E-state index >= 15 is 0 Å². The fraction of sp³-hybridized carbons (Fsp3) is 0.692. The molecule has 0 saturated carbocycles. The molecule has 0 aromatic carbocycles. The lowest BCUT2D eigenvalue weighted by atomic mass is 10.0. The summed E-state index contributed by atoms with van der Waals surface area (Å²) < 4.78 is 2.01. The van der Waals surface area contributed by atoms with Gasteiger partial charge in [-0.1, -0.05) is 26.0 Å². The molecule has 0 radical (unpaired) electrons. The van der Waals surface area contributed by atoms with Gasteiger partial charge in [-0.3, -0.25) is 0 Å². The van der Waals surface area contributed by atoms with Crippen LogP contribution >= 0.6 is 0 Å². The van der Waals surface area contributed by atoms with Crippen molar-refractivity contribution in [2.75, 3.05) is 0 Å². The highest BCUT2D eigenvalue weighted by molar-refractivity contribution is 4.94. The molecule has 1 atom stereocenters. The maximum absolute atomic E-state index is 4.32. The van der Waals surface area contributed by atoms with Gasteiger partial charge in [0.25, 0.3) is 0 Å². The monoisotopic (exact) mass is 234 g/mol. The van der Waals surface area contributed by atoms with Gasteiger partial charge in [0, 0.05) is 12.6 Å². The SMILES string of the molecule is CC(C)Cn1ncnc1CNC1CC=CCC1. The van der Waals surface area contributed by atoms with Gasteiger partial charge in [0.1, 0.15) is 12.2 Å². The molecular weight excluding hydrogens is 212 g/mol. The average molecular weight is 234 g/mol. The Balaban J connectivity index is 1.85. The highest BCUT2D eigenvalue weighted by Gasteiger charge is 2.11. The van der Waals surface area contributed by atoms with E-state index in [0.717, 1.165) is 25.3 Å². The van der Waals surface area contributed by atoms with Gasteiger partial charge in [-0.25, -0.2) is 9.67 Å². The Hall–Kier alpha value is -1.16. The highest BCUT2D eigenvalue weighted by Crippen LogP contribution is 2.11. The lowest BCUT2D eigenvalue weighted by Gasteiger charge is -2.19. The van der Waals surface area contributed by atoms with Crippen LogP contribution in [-0.4, -0.2) is 20.8 Å². The van der Waals surface area contributed by atoms with Gasteiger partial charge in [-0.05, 0) is 25.2 Å². The van der Waals surface area contributed by atoms with E-state index < -0.39 is 0 Å². The van der Waals surface area contributed by atoms with Crippen LogP contribution in [0.3, 0.4) is 0 Å². The molecule has 17 heavy (non-hydrogen) atoms. The molecule has 2 rings (SSSR count). The van der Waals surface area contributed by atoms with Gasteiger partial charge in [0.2, 0.25) is 0 Å². The van der Waals surface area contributed by atoms with E-state index in [1.54, 1.807) is 6.33 Å². The zero-order chi connectivity index (χ0) is 12.1. The van der Waals surface area contributed by atoms with Crippen molar-refractivity contribution in [3.05, 3.63) is 24.3 Å². The molecule has 0 amide bonds. The first-order chi connectivity index (χ1) is 8.25. The molecule has 1 aromatic heterocycles. The molecule has 1 aliphatic carbocycles. The summed E-state index contributed by atoms with van der Waals surface area (Å²) in [5, 5.41) is 7.83. The second-order valence-electron chi connectivity index (χ2n) is 5.11. The van der Waals surface area contributed by atoms with E-state index in [2.05, 4.69) is 41.4 Å². The number of rotatable bonds is 5. The van der Waals surface area contributed by atoms with Crippen molar-refractivity contribution in [3.63, 3.8) is 0 Å². The van der Waals surface area contributed by atoms with E-state index in [0.29, 0.717) is 12.0 Å². The molecule has 94 valence electrons. The van der Waals surface area contributed by atoms with Crippen LogP contribution in [-0.2, 0) is 13.1 Å². The summed E-state index contributed by atoms with van der Waals surface area (Å²) >= 11 is 0. The molecule has 0 bridgehead atoms. The largest absolute Gasteiger partial charge is 0.307 e. The minimum absolute atomic E-state index is 0.601. The Kier molecular flexibility index (Phi) is 4.31. The minimum atomic E-state index is 0.601. The van der Waals surface area contributed by atoms with Crippen LogP contribution in [0, 0.1) is 5.92 Å². The molecule has 1 aromatic rings. The molecule has 1 heterocycles. The van der Waals surface area contributed by atoms with Crippen molar-refractivity contribution in [3.8, 4) is 0 Å². The summed E-state index contributed by atoms with van der Waals surface area (Å²) in [6.45, 7) is 6.17. The molecule has 0 saturated heterocycles. The maximum Gasteiger partial charge on any atom is 0.140 e. The topological polar surface area (TPSA) is 42.7 Å². The van der Waals surface area contributed by atoms with Crippen LogP contribution in [0.4, 0.5) is 0 Å². The molecule has 0 fully saturated rings. The first kappa shape index (κ1) is 12.3. The summed E-state index contributed by atoms with van der Waals surface area (Å²) in [5.74, 6) is 1.65. The van der Waals surface area contributed by atoms with Gasteiger partial charge in [0.15, 0.2) is 0 Å². The fourth-order valence-electron chi connectivity index (χ4n) is 2.14. The third kappa shape index (κ3) is 3.66. The molecule has 0 spiro atoms. The first-order valence-corrected chi connectivity index (χ1v) is 6.50. The normalized spacial score (nSPS) is 20.1. The molecular formula is C13H22N4. The standard InChI is InChI=1S/C13H22N4/c1-11(2)9-17-13(15-10-16-17)8-14-12-6-4-3-5-7-12/h3-4,10-12,14H,5-9H2,1-2H3. The fourth-order valence-corrected chi connectivity index (χ4v) is 2.14. The van der Waals surface area contributed by atoms with E-state index in [1.165, 1.54) is 12.8 Å². The second kappa shape index (κ2) is 5.96. The lowest BCUT2D eigenvalue weighted by molar-refractivity contribution is 0.428. The van der Waals surface area contributed by atoms with Crippen LogP contribution in [0.25, 0.3) is 0 Å². The minimum Gasteiger partial charge on any atom is -0.307 e. The zero-order valence-electron chi connectivity index (χ0n) is 10.8. The zero-order valence-corrected chi connectivity index (χ0v) is 10.8. The quantitative estimate of drug-likeness (QED) is 0.794. The summed E-state index contributed by atoms with van der Waals surface area (Å²) in [5.41, 5.74) is 0. The van der Waals surface area contributed by atoms with E-state index in [9.17, 15) is 0 Å². The van der Waals surface area contributed by atoms with Crippen LogP contribution in [0.1, 0.15) is 38.9 Å². The third-order valence-corrected chi connectivity index (χ3v) is 3.05. The van der Waals surface area contributed by atoms with E-state index in [1.807, 2.05) is 4.68 Å². The Morgan fingerprint density at radius 1 is 1.47 bits per heavy atom. The Morgan fingerprint density at radius 3 is 3.06 bits per heavy atom. The number of hydrogen-bond acceptors (Lipinski definition) is 3. The molecule has 1 unspecified atom stereocenters. The van der Waals surface area contributed by atoms with Gasteiger partial charge >= 0.3 is 0 Å². The van der Waals surface area contributed by atoms with Crippen molar-refractivity contribution in [1.29, 1.82) is 0 Å². The average Bonchev–Trinajstić information content (AvgIpc) is 2.74. The van der Waals surface area contributed by atoms with Crippen molar-refractivity contribution in [1.82, 2.24) is 20.1 Å². The number of nitrogens with one attached hydrogen (secondary N) is 1. The molecule has 4 heteroatoms. The van der Waals surface area contributed by atoms with Gasteiger partial charge in [-0.2, -0.15) is 5.10 Å². The van der Waals surface area contributed by atoms with E-state index in [-0.39, 0.29) is 0 Å². The summed E-state index contributed by atoms with van der Waals surface area (Å²) in [7, 11) is 0. The molecule has 1 N–H and O–H groups in total. The van der Waals surface area contributed by atoms with Crippen LogP contribution in [0.5, 0.6) is 0 Å². The van der Waals surface area contributed by atoms with Crippen molar-refractivity contribution in [2.45, 2.75) is 52.2 Å².